The Morgan fingerprint density at radius 1 is 1.42 bits per heavy atom. The summed E-state index contributed by atoms with van der Waals surface area (Å²) in [5, 5.41) is 8.67. The van der Waals surface area contributed by atoms with Crippen molar-refractivity contribution < 1.29 is 37.3 Å². The molecular formula is C10H14F3NO5. The van der Waals surface area contributed by atoms with Crippen LogP contribution in [0.5, 0.6) is 0 Å². The average molecular weight is 285 g/mol. The molecule has 0 radical (unpaired) electrons. The molecule has 0 unspecified atom stereocenters. The van der Waals surface area contributed by atoms with Gasteiger partial charge in [0.2, 0.25) is 5.91 Å². The zero-order valence-electron chi connectivity index (χ0n) is 9.98. The number of alkyl halides is 3. The van der Waals surface area contributed by atoms with Gasteiger partial charge in [-0.25, -0.2) is 0 Å². The fourth-order valence-corrected chi connectivity index (χ4v) is 1.69. The zero-order chi connectivity index (χ0) is 14.5. The number of carboxylic acid groups (broad SMARTS) is 1. The van der Waals surface area contributed by atoms with E-state index in [1.54, 1.807) is 0 Å². The fraction of sp³-hybridized carbons (Fsp3) is 0.800. The first-order chi connectivity index (χ1) is 8.79. The molecule has 6 nitrogen and oxygen atoms in total. The van der Waals surface area contributed by atoms with Crippen LogP contribution in [0.15, 0.2) is 0 Å². The minimum Gasteiger partial charge on any atom is -0.481 e. The molecule has 1 aliphatic rings. The molecule has 1 rings (SSSR count). The maximum atomic E-state index is 11.8. The second-order valence-corrected chi connectivity index (χ2v) is 4.02. The molecule has 0 aromatic heterocycles. The third-order valence-electron chi connectivity index (χ3n) is 2.45. The van der Waals surface area contributed by atoms with E-state index in [2.05, 4.69) is 4.74 Å². The van der Waals surface area contributed by atoms with Gasteiger partial charge < -0.3 is 19.5 Å². The monoisotopic (exact) mass is 285 g/mol. The highest BCUT2D eigenvalue weighted by atomic mass is 19.4. The smallest absolute Gasteiger partial charge is 0.411 e. The minimum atomic E-state index is -4.49. The summed E-state index contributed by atoms with van der Waals surface area (Å²) in [5.41, 5.74) is 0. The van der Waals surface area contributed by atoms with Crippen molar-refractivity contribution in [3.05, 3.63) is 0 Å². The third kappa shape index (κ3) is 5.88. The van der Waals surface area contributed by atoms with Crippen molar-refractivity contribution in [3.8, 4) is 0 Å². The van der Waals surface area contributed by atoms with Crippen molar-refractivity contribution in [1.29, 1.82) is 0 Å². The van der Waals surface area contributed by atoms with Crippen LogP contribution in [-0.4, -0.2) is 67.1 Å². The molecule has 1 heterocycles. The maximum absolute atomic E-state index is 11.8. The summed E-state index contributed by atoms with van der Waals surface area (Å²) >= 11 is 0. The lowest BCUT2D eigenvalue weighted by Crippen LogP contribution is -2.50. The number of halogens is 3. The predicted octanol–water partition coefficient (Wildman–Crippen LogP) is 0.267. The number of hydrogen-bond donors (Lipinski definition) is 1. The van der Waals surface area contributed by atoms with Gasteiger partial charge in [0, 0.05) is 6.54 Å². The molecule has 1 amide bonds. The maximum Gasteiger partial charge on any atom is 0.411 e. The predicted molar refractivity (Wildman–Crippen MR) is 55.4 cm³/mol. The van der Waals surface area contributed by atoms with Crippen molar-refractivity contribution in [2.24, 2.45) is 0 Å². The molecule has 1 saturated heterocycles. The normalized spacial score (nSPS) is 20.4. The summed E-state index contributed by atoms with van der Waals surface area (Å²) in [7, 11) is 0. The minimum absolute atomic E-state index is 0.0529. The van der Waals surface area contributed by atoms with Crippen LogP contribution in [0.2, 0.25) is 0 Å². The second kappa shape index (κ2) is 6.71. The van der Waals surface area contributed by atoms with Gasteiger partial charge in [-0.05, 0) is 0 Å². The molecule has 0 aromatic carbocycles. The van der Waals surface area contributed by atoms with Crippen LogP contribution >= 0.6 is 0 Å². The third-order valence-corrected chi connectivity index (χ3v) is 2.45. The van der Waals surface area contributed by atoms with Gasteiger partial charge in [0.05, 0.1) is 25.7 Å². The van der Waals surface area contributed by atoms with Crippen LogP contribution in [0.1, 0.15) is 6.42 Å². The number of carbonyl (C=O) groups is 2. The van der Waals surface area contributed by atoms with Crippen LogP contribution in [0.25, 0.3) is 0 Å². The Morgan fingerprint density at radius 3 is 2.68 bits per heavy atom. The lowest BCUT2D eigenvalue weighted by Gasteiger charge is -2.34. The van der Waals surface area contributed by atoms with Gasteiger partial charge in [0.1, 0.15) is 13.2 Å². The van der Waals surface area contributed by atoms with Crippen LogP contribution in [-0.2, 0) is 19.1 Å². The number of nitrogens with zero attached hydrogens (tertiary/aromatic N) is 1. The molecule has 0 bridgehead atoms. The van der Waals surface area contributed by atoms with E-state index in [9.17, 15) is 22.8 Å². The molecule has 0 spiro atoms. The topological polar surface area (TPSA) is 76.1 Å². The van der Waals surface area contributed by atoms with Gasteiger partial charge in [-0.2, -0.15) is 13.2 Å². The van der Waals surface area contributed by atoms with E-state index >= 15 is 0 Å². The van der Waals surface area contributed by atoms with E-state index in [0.717, 1.165) is 0 Å². The number of amides is 1. The first-order valence-corrected chi connectivity index (χ1v) is 5.53. The highest BCUT2D eigenvalue weighted by Gasteiger charge is 2.31. The first-order valence-electron chi connectivity index (χ1n) is 5.53. The van der Waals surface area contributed by atoms with E-state index in [1.807, 2.05) is 0 Å². The molecule has 19 heavy (non-hydrogen) atoms. The molecule has 1 N–H and O–H groups in total. The lowest BCUT2D eigenvalue weighted by atomic mass is 10.1. The Labute approximate surface area is 107 Å². The number of aliphatic carboxylic acids is 1. The lowest BCUT2D eigenvalue weighted by molar-refractivity contribution is -0.179. The second-order valence-electron chi connectivity index (χ2n) is 4.02. The van der Waals surface area contributed by atoms with Crippen LogP contribution in [0.3, 0.4) is 0 Å². The summed E-state index contributed by atoms with van der Waals surface area (Å²) in [6.45, 7) is -1.81. The molecule has 1 aliphatic heterocycles. The standard InChI is InChI=1S/C10H14F3NO5/c11-10(12,13)6-19-5-8(15)14-1-2-18-4-7(14)3-9(16)17/h7H,1-6H2,(H,16,17)/t7-/m0/s1. The number of rotatable bonds is 5. The highest BCUT2D eigenvalue weighted by Crippen LogP contribution is 2.15. The largest absolute Gasteiger partial charge is 0.481 e. The van der Waals surface area contributed by atoms with Gasteiger partial charge in [-0.15, -0.1) is 0 Å². The molecule has 1 atom stereocenters. The summed E-state index contributed by atoms with van der Waals surface area (Å²) in [6, 6.07) is -0.673. The van der Waals surface area contributed by atoms with Gasteiger partial charge in [-0.1, -0.05) is 0 Å². The van der Waals surface area contributed by atoms with Crippen LogP contribution in [0.4, 0.5) is 13.2 Å². The number of morpholine rings is 1. The number of hydrogen-bond acceptors (Lipinski definition) is 4. The van der Waals surface area contributed by atoms with Gasteiger partial charge in [0.25, 0.3) is 0 Å². The Kier molecular flexibility index (Phi) is 5.55. The van der Waals surface area contributed by atoms with Crippen LogP contribution < -0.4 is 0 Å². The Bertz CT molecular complexity index is 334. The molecular weight excluding hydrogens is 271 g/mol. The SMILES string of the molecule is O=C(O)C[C@H]1COCCN1C(=O)COCC(F)(F)F. The van der Waals surface area contributed by atoms with E-state index < -0.39 is 37.3 Å². The van der Waals surface area contributed by atoms with Crippen molar-refractivity contribution in [1.82, 2.24) is 4.90 Å². The molecule has 0 aromatic rings. The molecule has 110 valence electrons. The van der Waals surface area contributed by atoms with Crippen molar-refractivity contribution in [2.45, 2.75) is 18.6 Å². The number of carbonyl (C=O) groups excluding carboxylic acids is 1. The van der Waals surface area contributed by atoms with E-state index in [4.69, 9.17) is 9.84 Å². The van der Waals surface area contributed by atoms with Crippen molar-refractivity contribution >= 4 is 11.9 Å². The van der Waals surface area contributed by atoms with Gasteiger partial charge in [0.15, 0.2) is 0 Å². The van der Waals surface area contributed by atoms with E-state index in [0.29, 0.717) is 0 Å². The highest BCUT2D eigenvalue weighted by molar-refractivity contribution is 5.79. The Balaban J connectivity index is 2.45. The van der Waals surface area contributed by atoms with E-state index in [1.165, 1.54) is 4.90 Å². The number of carboxylic acids is 1. The summed E-state index contributed by atoms with van der Waals surface area (Å²) in [5.74, 6) is -1.77. The quantitative estimate of drug-likeness (QED) is 0.784. The average Bonchev–Trinajstić information content (AvgIpc) is 2.27. The van der Waals surface area contributed by atoms with Gasteiger partial charge >= 0.3 is 12.1 Å². The van der Waals surface area contributed by atoms with Crippen LogP contribution in [0, 0.1) is 0 Å². The Hall–Kier alpha value is -1.35. The Morgan fingerprint density at radius 2 is 2.11 bits per heavy atom. The summed E-state index contributed by atoms with van der Waals surface area (Å²) in [6.07, 6.45) is -4.81. The molecule has 0 aliphatic carbocycles. The molecule has 0 saturated carbocycles. The van der Waals surface area contributed by atoms with Crippen molar-refractivity contribution in [2.75, 3.05) is 33.0 Å². The van der Waals surface area contributed by atoms with Crippen molar-refractivity contribution in [3.63, 3.8) is 0 Å². The number of ether oxygens (including phenoxy) is 2. The fourth-order valence-electron chi connectivity index (χ4n) is 1.69. The van der Waals surface area contributed by atoms with Gasteiger partial charge in [-0.3, -0.25) is 9.59 Å². The summed E-state index contributed by atoms with van der Waals surface area (Å²) < 4.78 is 44.9. The molecule has 9 heteroatoms. The zero-order valence-corrected chi connectivity index (χ0v) is 9.98. The summed E-state index contributed by atoms with van der Waals surface area (Å²) in [4.78, 5) is 23.5. The van der Waals surface area contributed by atoms with E-state index in [-0.39, 0.29) is 26.2 Å². The molecule has 1 fully saturated rings. The first kappa shape index (κ1) is 15.7.